The van der Waals surface area contributed by atoms with Gasteiger partial charge in [0.05, 0.1) is 39.4 Å². The minimum atomic E-state index is -1.13. The molecule has 12 heteroatoms. The average molecular weight is 432 g/mol. The van der Waals surface area contributed by atoms with Crippen LogP contribution in [0.25, 0.3) is 0 Å². The van der Waals surface area contributed by atoms with E-state index in [1.807, 2.05) is 0 Å². The van der Waals surface area contributed by atoms with Crippen molar-refractivity contribution in [3.05, 3.63) is 0 Å². The Balaban J connectivity index is 3.03. The molecule has 0 aromatic rings. The first-order chi connectivity index (χ1) is 14.3. The van der Waals surface area contributed by atoms with Crippen molar-refractivity contribution in [2.45, 2.75) is 37.8 Å². The Morgan fingerprint density at radius 1 is 0.700 bits per heavy atom. The maximum absolute atomic E-state index is 12.1. The van der Waals surface area contributed by atoms with Gasteiger partial charge in [0.25, 0.3) is 0 Å². The maximum Gasteiger partial charge on any atom is 0.317 e. The molecule has 6 N–H and O–H groups in total. The quantitative estimate of drug-likeness (QED) is 0.169. The maximum atomic E-state index is 12.1. The van der Waals surface area contributed by atoms with Crippen molar-refractivity contribution in [3.8, 4) is 0 Å². The predicted octanol–water partition coefficient (Wildman–Crippen LogP) is -2.71. The second kappa shape index (κ2) is 13.9. The van der Waals surface area contributed by atoms with Crippen LogP contribution in [0.1, 0.15) is 25.7 Å². The molecule has 0 heterocycles. The van der Waals surface area contributed by atoms with E-state index in [-0.39, 0.29) is 39.4 Å². The Kier molecular flexibility index (Phi) is 11.9. The van der Waals surface area contributed by atoms with Crippen LogP contribution in [0.2, 0.25) is 0 Å². The predicted molar refractivity (Wildman–Crippen MR) is 105 cm³/mol. The van der Waals surface area contributed by atoms with Gasteiger partial charge >= 0.3 is 11.9 Å². The highest BCUT2D eigenvalue weighted by molar-refractivity contribution is 5.79. The van der Waals surface area contributed by atoms with Crippen LogP contribution in [0.4, 0.5) is 0 Å². The van der Waals surface area contributed by atoms with Gasteiger partial charge in [-0.15, -0.1) is 0 Å². The molecule has 1 rings (SSSR count). The number of amides is 2. The average Bonchev–Trinajstić information content (AvgIpc) is 2.69. The molecule has 0 saturated heterocycles. The molecule has 0 radical (unpaired) electrons. The monoisotopic (exact) mass is 432 g/mol. The SMILES string of the molecule is O=C(O)CN(CC(=O)NCCO)[C@@H]1CCCC[C@H]1N(CC(=O)O)CC(=O)NCCO. The molecular formula is C18H32N4O8. The zero-order chi connectivity index (χ0) is 22.5. The van der Waals surface area contributed by atoms with Gasteiger partial charge in [-0.2, -0.15) is 0 Å². The van der Waals surface area contributed by atoms with Crippen molar-refractivity contribution < 1.29 is 39.6 Å². The lowest BCUT2D eigenvalue weighted by Crippen LogP contribution is -2.58. The summed E-state index contributed by atoms with van der Waals surface area (Å²) in [5, 5.41) is 41.3. The van der Waals surface area contributed by atoms with Crippen molar-refractivity contribution in [2.75, 3.05) is 52.5 Å². The molecule has 2 atom stereocenters. The van der Waals surface area contributed by atoms with Gasteiger partial charge in [-0.3, -0.25) is 29.0 Å². The fourth-order valence-corrected chi connectivity index (χ4v) is 3.74. The van der Waals surface area contributed by atoms with Crippen LogP contribution in [0.15, 0.2) is 0 Å². The third-order valence-electron chi connectivity index (χ3n) is 4.87. The molecule has 2 amide bonds. The molecular weight excluding hydrogens is 400 g/mol. The van der Waals surface area contributed by atoms with E-state index in [9.17, 15) is 29.4 Å². The van der Waals surface area contributed by atoms with Gasteiger partial charge in [-0.25, -0.2) is 0 Å². The van der Waals surface area contributed by atoms with Gasteiger partial charge in [0.15, 0.2) is 0 Å². The fraction of sp³-hybridized carbons (Fsp3) is 0.778. The number of nitrogens with one attached hydrogen (secondary N) is 2. The van der Waals surface area contributed by atoms with Crippen LogP contribution in [0.5, 0.6) is 0 Å². The lowest BCUT2D eigenvalue weighted by molar-refractivity contribution is -0.144. The number of hydrogen-bond acceptors (Lipinski definition) is 8. The van der Waals surface area contributed by atoms with E-state index in [4.69, 9.17) is 10.2 Å². The molecule has 1 aliphatic carbocycles. The molecule has 0 aromatic heterocycles. The summed E-state index contributed by atoms with van der Waals surface area (Å²) in [5.74, 6) is -3.14. The van der Waals surface area contributed by atoms with Crippen molar-refractivity contribution in [2.24, 2.45) is 0 Å². The Bertz CT molecular complexity index is 539. The number of carboxylic acids is 2. The highest BCUT2D eigenvalue weighted by atomic mass is 16.4. The fourth-order valence-electron chi connectivity index (χ4n) is 3.74. The second-order valence-electron chi connectivity index (χ2n) is 7.16. The van der Waals surface area contributed by atoms with Crippen molar-refractivity contribution in [1.82, 2.24) is 20.4 Å². The second-order valence-corrected chi connectivity index (χ2v) is 7.16. The molecule has 30 heavy (non-hydrogen) atoms. The third-order valence-corrected chi connectivity index (χ3v) is 4.87. The summed E-state index contributed by atoms with van der Waals surface area (Å²) in [7, 11) is 0. The van der Waals surface area contributed by atoms with Gasteiger partial charge in [0, 0.05) is 25.2 Å². The topological polar surface area (TPSA) is 180 Å². The normalized spacial score (nSPS) is 18.9. The number of aliphatic hydroxyl groups excluding tert-OH is 2. The summed E-state index contributed by atoms with van der Waals surface area (Å²) in [4.78, 5) is 50.0. The van der Waals surface area contributed by atoms with E-state index >= 15 is 0 Å². The zero-order valence-electron chi connectivity index (χ0n) is 17.0. The molecule has 1 saturated carbocycles. The molecule has 0 aromatic carbocycles. The van der Waals surface area contributed by atoms with Crippen LogP contribution in [0.3, 0.4) is 0 Å². The van der Waals surface area contributed by atoms with Crippen molar-refractivity contribution in [1.29, 1.82) is 0 Å². The number of hydrogen-bond donors (Lipinski definition) is 6. The van der Waals surface area contributed by atoms with Gasteiger partial charge in [-0.1, -0.05) is 12.8 Å². The first-order valence-electron chi connectivity index (χ1n) is 9.95. The number of rotatable bonds is 14. The molecule has 12 nitrogen and oxygen atoms in total. The van der Waals surface area contributed by atoms with E-state index in [1.165, 1.54) is 9.80 Å². The Morgan fingerprint density at radius 2 is 1.07 bits per heavy atom. The smallest absolute Gasteiger partial charge is 0.317 e. The van der Waals surface area contributed by atoms with Crippen LogP contribution < -0.4 is 10.6 Å². The van der Waals surface area contributed by atoms with Gasteiger partial charge in [-0.05, 0) is 12.8 Å². The Morgan fingerprint density at radius 3 is 1.37 bits per heavy atom. The molecule has 172 valence electrons. The van der Waals surface area contributed by atoms with Gasteiger partial charge < -0.3 is 31.1 Å². The summed E-state index contributed by atoms with van der Waals surface area (Å²) in [6.45, 7) is -1.65. The van der Waals surface area contributed by atoms with Crippen LogP contribution >= 0.6 is 0 Å². The van der Waals surface area contributed by atoms with Gasteiger partial charge in [0.2, 0.25) is 11.8 Å². The van der Waals surface area contributed by atoms with E-state index in [2.05, 4.69) is 10.6 Å². The van der Waals surface area contributed by atoms with Crippen molar-refractivity contribution in [3.63, 3.8) is 0 Å². The first kappa shape index (κ1) is 25.8. The molecule has 0 unspecified atom stereocenters. The number of aliphatic carboxylic acids is 2. The van der Waals surface area contributed by atoms with Crippen LogP contribution in [-0.4, -0.2) is 119 Å². The Labute approximate surface area is 174 Å². The minimum absolute atomic E-state index is 0.0456. The summed E-state index contributed by atoms with van der Waals surface area (Å²) >= 11 is 0. The summed E-state index contributed by atoms with van der Waals surface area (Å²) in [5.41, 5.74) is 0. The third kappa shape index (κ3) is 9.48. The molecule has 1 aliphatic rings. The van der Waals surface area contributed by atoms with E-state index < -0.39 is 48.9 Å². The number of nitrogens with zero attached hydrogens (tertiary/aromatic N) is 2. The largest absolute Gasteiger partial charge is 0.480 e. The molecule has 1 fully saturated rings. The lowest BCUT2D eigenvalue weighted by Gasteiger charge is -2.43. The van der Waals surface area contributed by atoms with Gasteiger partial charge in [0.1, 0.15) is 0 Å². The van der Waals surface area contributed by atoms with Crippen LogP contribution in [0, 0.1) is 0 Å². The summed E-state index contributed by atoms with van der Waals surface area (Å²) in [6.07, 6.45) is 2.68. The standard InChI is InChI=1S/C18H32N4O8/c23-7-5-19-15(25)9-21(11-17(27)28)13-3-1-2-4-14(13)22(12-18(29)30)10-16(26)20-6-8-24/h13-14,23-24H,1-12H2,(H,19,25)(H,20,26)(H,27,28)(H,29,30)/t13-,14-/m1/s1. The number of carboxylic acid groups (broad SMARTS) is 2. The Hall–Kier alpha value is -2.28. The molecule has 0 spiro atoms. The van der Waals surface area contributed by atoms with E-state index in [1.54, 1.807) is 0 Å². The summed E-state index contributed by atoms with van der Waals surface area (Å²) < 4.78 is 0. The number of carbonyl (C=O) groups is 4. The molecule has 0 aliphatic heterocycles. The summed E-state index contributed by atoms with van der Waals surface area (Å²) in [6, 6.07) is -0.862. The van der Waals surface area contributed by atoms with Crippen LogP contribution in [-0.2, 0) is 19.2 Å². The number of carbonyl (C=O) groups excluding carboxylic acids is 2. The van der Waals surface area contributed by atoms with Crippen molar-refractivity contribution >= 4 is 23.8 Å². The first-order valence-corrected chi connectivity index (χ1v) is 9.95. The highest BCUT2D eigenvalue weighted by Gasteiger charge is 2.37. The number of aliphatic hydroxyl groups is 2. The lowest BCUT2D eigenvalue weighted by atomic mass is 9.87. The molecule has 0 bridgehead atoms. The van der Waals surface area contributed by atoms with E-state index in [0.29, 0.717) is 12.8 Å². The minimum Gasteiger partial charge on any atom is -0.480 e. The van der Waals surface area contributed by atoms with E-state index in [0.717, 1.165) is 12.8 Å². The zero-order valence-corrected chi connectivity index (χ0v) is 17.0. The highest BCUT2D eigenvalue weighted by Crippen LogP contribution is 2.27.